The molecule has 0 spiro atoms. The standard InChI is InChI=1S/C9H12ClNO2/c1-7-5-8(10)6-11-9(7)13-4-3-12-2/h5-6H,3-4H2,1-2H3. The van der Waals surface area contributed by atoms with Gasteiger partial charge in [0.15, 0.2) is 0 Å². The molecule has 0 aliphatic carbocycles. The van der Waals surface area contributed by atoms with E-state index in [-0.39, 0.29) is 0 Å². The number of halogens is 1. The Morgan fingerprint density at radius 2 is 2.23 bits per heavy atom. The van der Waals surface area contributed by atoms with Crippen LogP contribution in [-0.4, -0.2) is 25.3 Å². The summed E-state index contributed by atoms with van der Waals surface area (Å²) in [4.78, 5) is 4.04. The third-order valence-electron chi connectivity index (χ3n) is 1.52. The number of ether oxygens (including phenoxy) is 2. The number of pyridine rings is 1. The molecule has 72 valence electrons. The monoisotopic (exact) mass is 201 g/mol. The minimum absolute atomic E-state index is 0.506. The molecule has 0 N–H and O–H groups in total. The summed E-state index contributed by atoms with van der Waals surface area (Å²) in [5, 5.41) is 0.622. The molecule has 0 aliphatic heterocycles. The van der Waals surface area contributed by atoms with E-state index in [0.29, 0.717) is 24.1 Å². The van der Waals surface area contributed by atoms with Crippen LogP contribution in [0.2, 0.25) is 5.02 Å². The Kier molecular flexibility index (Phi) is 3.99. The Morgan fingerprint density at radius 3 is 2.85 bits per heavy atom. The number of nitrogens with zero attached hydrogens (tertiary/aromatic N) is 1. The fourth-order valence-corrected chi connectivity index (χ4v) is 1.11. The average molecular weight is 202 g/mol. The number of hydrogen-bond acceptors (Lipinski definition) is 3. The summed E-state index contributed by atoms with van der Waals surface area (Å²) < 4.78 is 10.2. The number of aromatic nitrogens is 1. The Balaban J connectivity index is 2.56. The van der Waals surface area contributed by atoms with E-state index in [4.69, 9.17) is 21.1 Å². The van der Waals surface area contributed by atoms with E-state index in [1.165, 1.54) is 0 Å². The van der Waals surface area contributed by atoms with E-state index in [1.807, 2.05) is 13.0 Å². The summed E-state index contributed by atoms with van der Waals surface area (Å²) >= 11 is 5.74. The molecule has 0 saturated carbocycles. The molecule has 0 unspecified atom stereocenters. The number of hydrogen-bond donors (Lipinski definition) is 0. The van der Waals surface area contributed by atoms with Crippen LogP contribution in [0.5, 0.6) is 5.88 Å². The van der Waals surface area contributed by atoms with Gasteiger partial charge >= 0.3 is 0 Å². The third-order valence-corrected chi connectivity index (χ3v) is 1.73. The second-order valence-electron chi connectivity index (χ2n) is 2.62. The van der Waals surface area contributed by atoms with Crippen LogP contribution in [0.4, 0.5) is 0 Å². The minimum Gasteiger partial charge on any atom is -0.475 e. The van der Waals surface area contributed by atoms with Gasteiger partial charge in [-0.1, -0.05) is 11.6 Å². The molecule has 1 heterocycles. The first kappa shape index (κ1) is 10.3. The Labute approximate surface area is 82.6 Å². The maximum Gasteiger partial charge on any atom is 0.216 e. The van der Waals surface area contributed by atoms with Crippen molar-refractivity contribution in [2.45, 2.75) is 6.92 Å². The Morgan fingerprint density at radius 1 is 1.46 bits per heavy atom. The van der Waals surface area contributed by atoms with E-state index in [2.05, 4.69) is 4.98 Å². The maximum absolute atomic E-state index is 5.74. The molecule has 0 aromatic carbocycles. The van der Waals surface area contributed by atoms with Crippen molar-refractivity contribution in [2.24, 2.45) is 0 Å². The molecule has 0 bridgehead atoms. The molecule has 4 heteroatoms. The van der Waals surface area contributed by atoms with Gasteiger partial charge in [0.2, 0.25) is 5.88 Å². The lowest BCUT2D eigenvalue weighted by molar-refractivity contribution is 0.143. The summed E-state index contributed by atoms with van der Waals surface area (Å²) in [6.07, 6.45) is 1.57. The lowest BCUT2D eigenvalue weighted by Crippen LogP contribution is -2.06. The number of methoxy groups -OCH3 is 1. The molecule has 1 aromatic rings. The number of rotatable bonds is 4. The van der Waals surface area contributed by atoms with Crippen LogP contribution in [0.1, 0.15) is 5.56 Å². The van der Waals surface area contributed by atoms with Crippen molar-refractivity contribution in [2.75, 3.05) is 20.3 Å². The first-order valence-corrected chi connectivity index (χ1v) is 4.35. The van der Waals surface area contributed by atoms with Gasteiger partial charge in [0.25, 0.3) is 0 Å². The summed E-state index contributed by atoms with van der Waals surface area (Å²) in [5.41, 5.74) is 0.934. The minimum atomic E-state index is 0.506. The fourth-order valence-electron chi connectivity index (χ4n) is 0.901. The van der Waals surface area contributed by atoms with Gasteiger partial charge in [0.05, 0.1) is 11.6 Å². The lowest BCUT2D eigenvalue weighted by atomic mass is 10.3. The van der Waals surface area contributed by atoms with Crippen LogP contribution in [0.3, 0.4) is 0 Å². The molecule has 0 amide bonds. The average Bonchev–Trinajstić information content (AvgIpc) is 2.09. The van der Waals surface area contributed by atoms with Crippen LogP contribution in [0.15, 0.2) is 12.3 Å². The summed E-state index contributed by atoms with van der Waals surface area (Å²) in [6.45, 7) is 2.97. The van der Waals surface area contributed by atoms with Crippen molar-refractivity contribution in [1.29, 1.82) is 0 Å². The van der Waals surface area contributed by atoms with Crippen molar-refractivity contribution >= 4 is 11.6 Å². The van der Waals surface area contributed by atoms with Gasteiger partial charge in [-0.25, -0.2) is 4.98 Å². The van der Waals surface area contributed by atoms with E-state index in [0.717, 1.165) is 5.56 Å². The molecule has 3 nitrogen and oxygen atoms in total. The van der Waals surface area contributed by atoms with Crippen LogP contribution >= 0.6 is 11.6 Å². The van der Waals surface area contributed by atoms with Crippen LogP contribution in [0.25, 0.3) is 0 Å². The molecule has 0 radical (unpaired) electrons. The van der Waals surface area contributed by atoms with Crippen LogP contribution in [-0.2, 0) is 4.74 Å². The first-order valence-electron chi connectivity index (χ1n) is 3.98. The van der Waals surface area contributed by atoms with E-state index >= 15 is 0 Å². The second kappa shape index (κ2) is 5.04. The molecule has 1 aromatic heterocycles. The second-order valence-corrected chi connectivity index (χ2v) is 3.05. The lowest BCUT2D eigenvalue weighted by Gasteiger charge is -2.06. The van der Waals surface area contributed by atoms with Gasteiger partial charge in [0, 0.05) is 18.9 Å². The third kappa shape index (κ3) is 3.20. The molecule has 0 fully saturated rings. The maximum atomic E-state index is 5.74. The highest BCUT2D eigenvalue weighted by molar-refractivity contribution is 6.30. The normalized spacial score (nSPS) is 10.1. The molecule has 1 rings (SSSR count). The van der Waals surface area contributed by atoms with Gasteiger partial charge in [-0.15, -0.1) is 0 Å². The zero-order valence-corrected chi connectivity index (χ0v) is 8.47. The van der Waals surface area contributed by atoms with Crippen molar-refractivity contribution in [3.8, 4) is 5.88 Å². The molecular formula is C9H12ClNO2. The van der Waals surface area contributed by atoms with Gasteiger partial charge in [-0.2, -0.15) is 0 Å². The molecule has 0 saturated heterocycles. The smallest absolute Gasteiger partial charge is 0.216 e. The first-order chi connectivity index (χ1) is 6.24. The van der Waals surface area contributed by atoms with Gasteiger partial charge in [0.1, 0.15) is 6.61 Å². The highest BCUT2D eigenvalue weighted by Gasteiger charge is 2.00. The topological polar surface area (TPSA) is 31.4 Å². The zero-order chi connectivity index (χ0) is 9.68. The largest absolute Gasteiger partial charge is 0.475 e. The van der Waals surface area contributed by atoms with Crippen LogP contribution < -0.4 is 4.74 Å². The summed E-state index contributed by atoms with van der Waals surface area (Å²) in [6, 6.07) is 1.82. The van der Waals surface area contributed by atoms with E-state index < -0.39 is 0 Å². The van der Waals surface area contributed by atoms with E-state index in [9.17, 15) is 0 Å². The summed E-state index contributed by atoms with van der Waals surface area (Å²) in [5.74, 6) is 0.612. The Bertz CT molecular complexity index is 278. The van der Waals surface area contributed by atoms with Crippen LogP contribution in [0, 0.1) is 6.92 Å². The quantitative estimate of drug-likeness (QED) is 0.699. The highest BCUT2D eigenvalue weighted by atomic mass is 35.5. The van der Waals surface area contributed by atoms with E-state index in [1.54, 1.807) is 13.3 Å². The zero-order valence-electron chi connectivity index (χ0n) is 7.71. The SMILES string of the molecule is COCCOc1ncc(Cl)cc1C. The summed E-state index contributed by atoms with van der Waals surface area (Å²) in [7, 11) is 1.63. The predicted molar refractivity (Wildman–Crippen MR) is 51.4 cm³/mol. The van der Waals surface area contributed by atoms with Gasteiger partial charge in [-0.3, -0.25) is 0 Å². The van der Waals surface area contributed by atoms with Crippen molar-refractivity contribution in [3.05, 3.63) is 22.8 Å². The van der Waals surface area contributed by atoms with Crippen molar-refractivity contribution in [1.82, 2.24) is 4.98 Å². The highest BCUT2D eigenvalue weighted by Crippen LogP contribution is 2.17. The van der Waals surface area contributed by atoms with Gasteiger partial charge in [-0.05, 0) is 13.0 Å². The molecule has 0 aliphatic rings. The predicted octanol–water partition coefficient (Wildman–Crippen LogP) is 2.07. The van der Waals surface area contributed by atoms with Crippen molar-refractivity contribution < 1.29 is 9.47 Å². The molecule has 0 atom stereocenters. The molecular weight excluding hydrogens is 190 g/mol. The fraction of sp³-hybridized carbons (Fsp3) is 0.444. The van der Waals surface area contributed by atoms with Crippen molar-refractivity contribution in [3.63, 3.8) is 0 Å². The van der Waals surface area contributed by atoms with Gasteiger partial charge < -0.3 is 9.47 Å². The number of aryl methyl sites for hydroxylation is 1. The molecule has 13 heavy (non-hydrogen) atoms. The Hall–Kier alpha value is -0.800.